The molecule has 0 unspecified atom stereocenters. The summed E-state index contributed by atoms with van der Waals surface area (Å²) in [7, 11) is 1.66. The van der Waals surface area contributed by atoms with Gasteiger partial charge in [0.25, 0.3) is 0 Å². The first-order chi connectivity index (χ1) is 13.1. The fraction of sp³-hybridized carbons (Fsp3) is 0.667. The van der Waals surface area contributed by atoms with E-state index in [0.717, 1.165) is 63.0 Å². The minimum absolute atomic E-state index is 0. The molecule has 0 fully saturated rings. The molecule has 0 spiro atoms. The monoisotopic (exact) mass is 507 g/mol. The van der Waals surface area contributed by atoms with Crippen LogP contribution in [-0.4, -0.2) is 52.0 Å². The van der Waals surface area contributed by atoms with E-state index in [9.17, 15) is 0 Å². The average Bonchev–Trinajstić information content (AvgIpc) is 2.65. The largest absolute Gasteiger partial charge is 0.493 e. The second-order valence-electron chi connectivity index (χ2n) is 6.48. The second kappa shape index (κ2) is 16.7. The standard InChI is InChI=1S/C21H37N3O3.HI/c1-6-22-21(24-14-9-15-27-17(3)4)23-13-8-10-18-11-12-19(25-5)20(16-18)26-7-2;/h11-12,16-17H,6-10,13-15H2,1-5H3,(H2,22,23,24);1H. The molecule has 0 atom stereocenters. The van der Waals surface area contributed by atoms with E-state index in [1.54, 1.807) is 7.11 Å². The van der Waals surface area contributed by atoms with Gasteiger partial charge in [-0.1, -0.05) is 6.07 Å². The van der Waals surface area contributed by atoms with Gasteiger partial charge in [-0.05, 0) is 64.7 Å². The molecule has 28 heavy (non-hydrogen) atoms. The lowest BCUT2D eigenvalue weighted by molar-refractivity contribution is 0.0776. The molecule has 0 radical (unpaired) electrons. The fourth-order valence-corrected chi connectivity index (χ4v) is 2.56. The number of benzene rings is 1. The lowest BCUT2D eigenvalue weighted by Crippen LogP contribution is -2.38. The number of aryl methyl sites for hydroxylation is 1. The predicted molar refractivity (Wildman–Crippen MR) is 128 cm³/mol. The maximum absolute atomic E-state index is 5.64. The molecule has 6 nitrogen and oxygen atoms in total. The SMILES string of the molecule is CCNC(=NCCCc1ccc(OC)c(OCC)c1)NCCCOC(C)C.I. The summed E-state index contributed by atoms with van der Waals surface area (Å²) in [6, 6.07) is 6.11. The molecule has 1 aromatic carbocycles. The number of guanidine groups is 1. The topological polar surface area (TPSA) is 64.1 Å². The first kappa shape index (κ1) is 26.8. The first-order valence-corrected chi connectivity index (χ1v) is 10.0. The number of hydrogen-bond acceptors (Lipinski definition) is 4. The summed E-state index contributed by atoms with van der Waals surface area (Å²) in [6.45, 7) is 12.0. The Bertz CT molecular complexity index is 554. The molecule has 2 N–H and O–H groups in total. The molecular weight excluding hydrogens is 469 g/mol. The molecule has 0 aliphatic heterocycles. The zero-order valence-corrected chi connectivity index (χ0v) is 20.4. The number of hydrogen-bond donors (Lipinski definition) is 2. The Morgan fingerprint density at radius 1 is 1.11 bits per heavy atom. The van der Waals surface area contributed by atoms with Crippen LogP contribution in [-0.2, 0) is 11.2 Å². The minimum Gasteiger partial charge on any atom is -0.493 e. The van der Waals surface area contributed by atoms with Crippen molar-refractivity contribution in [3.8, 4) is 11.5 Å². The van der Waals surface area contributed by atoms with Gasteiger partial charge in [-0.3, -0.25) is 4.99 Å². The molecule has 0 bridgehead atoms. The number of nitrogens with one attached hydrogen (secondary N) is 2. The molecule has 1 rings (SSSR count). The van der Waals surface area contributed by atoms with Gasteiger partial charge in [0, 0.05) is 26.2 Å². The van der Waals surface area contributed by atoms with Crippen molar-refractivity contribution >= 4 is 29.9 Å². The zero-order valence-electron chi connectivity index (χ0n) is 18.0. The normalized spacial score (nSPS) is 11.1. The highest BCUT2D eigenvalue weighted by Gasteiger charge is 2.05. The van der Waals surface area contributed by atoms with Crippen molar-refractivity contribution < 1.29 is 14.2 Å². The third kappa shape index (κ3) is 11.6. The number of nitrogens with zero attached hydrogens (tertiary/aromatic N) is 1. The summed E-state index contributed by atoms with van der Waals surface area (Å²) >= 11 is 0. The molecule has 0 amide bonds. The van der Waals surface area contributed by atoms with Crippen LogP contribution in [0.3, 0.4) is 0 Å². The molecule has 0 saturated heterocycles. The van der Waals surface area contributed by atoms with E-state index in [0.29, 0.717) is 6.61 Å². The van der Waals surface area contributed by atoms with Gasteiger partial charge in [0.15, 0.2) is 17.5 Å². The summed E-state index contributed by atoms with van der Waals surface area (Å²) in [4.78, 5) is 4.65. The molecule has 0 aliphatic rings. The third-order valence-electron chi connectivity index (χ3n) is 3.83. The van der Waals surface area contributed by atoms with E-state index >= 15 is 0 Å². The van der Waals surface area contributed by atoms with E-state index in [1.807, 2.05) is 13.0 Å². The van der Waals surface area contributed by atoms with E-state index in [-0.39, 0.29) is 30.1 Å². The van der Waals surface area contributed by atoms with Crippen LogP contribution in [0.5, 0.6) is 11.5 Å². The Balaban J connectivity index is 0.00000729. The predicted octanol–water partition coefficient (Wildman–Crippen LogP) is 4.01. The van der Waals surface area contributed by atoms with Crippen LogP contribution in [0.15, 0.2) is 23.2 Å². The van der Waals surface area contributed by atoms with Crippen molar-refractivity contribution in [2.75, 3.05) is 40.0 Å². The van der Waals surface area contributed by atoms with Gasteiger partial charge in [-0.2, -0.15) is 0 Å². The van der Waals surface area contributed by atoms with Gasteiger partial charge in [-0.25, -0.2) is 0 Å². The number of halogens is 1. The van der Waals surface area contributed by atoms with Crippen LogP contribution in [0.25, 0.3) is 0 Å². The minimum atomic E-state index is 0. The second-order valence-corrected chi connectivity index (χ2v) is 6.48. The molecule has 0 aliphatic carbocycles. The van der Waals surface area contributed by atoms with E-state index in [1.165, 1.54) is 5.56 Å². The highest BCUT2D eigenvalue weighted by atomic mass is 127. The first-order valence-electron chi connectivity index (χ1n) is 10.0. The van der Waals surface area contributed by atoms with Crippen LogP contribution < -0.4 is 20.1 Å². The lowest BCUT2D eigenvalue weighted by Gasteiger charge is -2.12. The maximum Gasteiger partial charge on any atom is 0.191 e. The quantitative estimate of drug-likeness (QED) is 0.183. The Kier molecular flexibility index (Phi) is 16.0. The van der Waals surface area contributed by atoms with Gasteiger partial charge < -0.3 is 24.8 Å². The number of rotatable bonds is 13. The summed E-state index contributed by atoms with van der Waals surface area (Å²) in [5.74, 6) is 2.45. The van der Waals surface area contributed by atoms with Gasteiger partial charge in [0.05, 0.1) is 19.8 Å². The summed E-state index contributed by atoms with van der Waals surface area (Å²) < 4.78 is 16.5. The van der Waals surface area contributed by atoms with Crippen LogP contribution in [0.2, 0.25) is 0 Å². The van der Waals surface area contributed by atoms with Gasteiger partial charge in [-0.15, -0.1) is 24.0 Å². The van der Waals surface area contributed by atoms with Crippen molar-refractivity contribution in [1.82, 2.24) is 10.6 Å². The van der Waals surface area contributed by atoms with Crippen molar-refractivity contribution in [2.45, 2.75) is 53.1 Å². The summed E-state index contributed by atoms with van der Waals surface area (Å²) in [6.07, 6.45) is 3.18. The third-order valence-corrected chi connectivity index (χ3v) is 3.83. The molecule has 0 aromatic heterocycles. The average molecular weight is 507 g/mol. The van der Waals surface area contributed by atoms with E-state index < -0.39 is 0 Å². The van der Waals surface area contributed by atoms with Crippen LogP contribution in [0.4, 0.5) is 0 Å². The van der Waals surface area contributed by atoms with Crippen LogP contribution in [0.1, 0.15) is 46.1 Å². The maximum atomic E-state index is 5.64. The number of methoxy groups -OCH3 is 1. The molecular formula is C21H38IN3O3. The Labute approximate surface area is 187 Å². The zero-order chi connectivity index (χ0) is 19.9. The Morgan fingerprint density at radius 2 is 1.89 bits per heavy atom. The van der Waals surface area contributed by atoms with Gasteiger partial charge in [0.2, 0.25) is 0 Å². The molecule has 0 saturated carbocycles. The van der Waals surface area contributed by atoms with Crippen molar-refractivity contribution in [2.24, 2.45) is 4.99 Å². The highest BCUT2D eigenvalue weighted by Crippen LogP contribution is 2.28. The van der Waals surface area contributed by atoms with Crippen molar-refractivity contribution in [1.29, 1.82) is 0 Å². The Hall–Kier alpha value is -1.22. The molecule has 162 valence electrons. The number of ether oxygens (including phenoxy) is 3. The van der Waals surface area contributed by atoms with Gasteiger partial charge in [0.1, 0.15) is 0 Å². The van der Waals surface area contributed by atoms with Gasteiger partial charge >= 0.3 is 0 Å². The van der Waals surface area contributed by atoms with E-state index in [2.05, 4.69) is 48.5 Å². The summed E-state index contributed by atoms with van der Waals surface area (Å²) in [5.41, 5.74) is 1.23. The molecule has 0 heterocycles. The van der Waals surface area contributed by atoms with Crippen LogP contribution in [0, 0.1) is 0 Å². The lowest BCUT2D eigenvalue weighted by atomic mass is 10.1. The number of aliphatic imine (C=N–C) groups is 1. The molecule has 7 heteroatoms. The fourth-order valence-electron chi connectivity index (χ4n) is 2.56. The van der Waals surface area contributed by atoms with Crippen LogP contribution >= 0.6 is 24.0 Å². The Morgan fingerprint density at radius 3 is 2.54 bits per heavy atom. The smallest absolute Gasteiger partial charge is 0.191 e. The molecule has 1 aromatic rings. The van der Waals surface area contributed by atoms with E-state index in [4.69, 9.17) is 14.2 Å². The summed E-state index contributed by atoms with van der Waals surface area (Å²) in [5, 5.41) is 6.64. The van der Waals surface area contributed by atoms with Crippen molar-refractivity contribution in [3.05, 3.63) is 23.8 Å². The van der Waals surface area contributed by atoms with Crippen molar-refractivity contribution in [3.63, 3.8) is 0 Å². The highest BCUT2D eigenvalue weighted by molar-refractivity contribution is 14.0.